The van der Waals surface area contributed by atoms with E-state index in [-0.39, 0.29) is 24.0 Å². The minimum atomic E-state index is -0.428. The second-order valence-corrected chi connectivity index (χ2v) is 9.62. The van der Waals surface area contributed by atoms with Crippen molar-refractivity contribution in [3.05, 3.63) is 41.6 Å². The number of aromatic nitrogens is 1. The second-order valence-electron chi connectivity index (χ2n) is 8.62. The van der Waals surface area contributed by atoms with Gasteiger partial charge < -0.3 is 15.0 Å². The first kappa shape index (κ1) is 21.6. The van der Waals surface area contributed by atoms with Crippen LogP contribution in [0.5, 0.6) is 0 Å². The monoisotopic (exact) mass is 438 g/mol. The number of hydrogen-bond donors (Lipinski definition) is 1. The Morgan fingerprint density at radius 2 is 2.23 bits per heavy atom. The molecule has 0 saturated carbocycles. The van der Waals surface area contributed by atoms with Gasteiger partial charge in [-0.1, -0.05) is 6.07 Å². The maximum Gasteiger partial charge on any atom is 0.252 e. The van der Waals surface area contributed by atoms with Gasteiger partial charge in [-0.05, 0) is 56.4 Å². The predicted molar refractivity (Wildman–Crippen MR) is 120 cm³/mol. The molecule has 1 aromatic carbocycles. The number of carbonyl (C=O) groups excluding carboxylic acids is 2. The van der Waals surface area contributed by atoms with Crippen molar-refractivity contribution in [2.24, 2.45) is 0 Å². The van der Waals surface area contributed by atoms with Crippen molar-refractivity contribution in [1.29, 1.82) is 5.26 Å². The van der Waals surface area contributed by atoms with Crippen molar-refractivity contribution >= 4 is 34.5 Å². The first-order chi connectivity index (χ1) is 14.9. The quantitative estimate of drug-likeness (QED) is 0.788. The molecular weight excluding hydrogens is 412 g/mol. The molecule has 31 heavy (non-hydrogen) atoms. The van der Waals surface area contributed by atoms with E-state index < -0.39 is 6.04 Å². The van der Waals surface area contributed by atoms with E-state index in [0.717, 1.165) is 30.4 Å². The topological polar surface area (TPSA) is 95.3 Å². The highest BCUT2D eigenvalue weighted by atomic mass is 32.2. The Hall–Kier alpha value is -2.63. The van der Waals surface area contributed by atoms with Gasteiger partial charge in [-0.25, -0.2) is 0 Å². The Morgan fingerprint density at radius 1 is 1.39 bits per heavy atom. The lowest BCUT2D eigenvalue weighted by Crippen LogP contribution is -2.42. The Labute approximate surface area is 186 Å². The molecule has 162 valence electrons. The zero-order valence-corrected chi connectivity index (χ0v) is 18.6. The molecule has 2 aromatic rings. The first-order valence-electron chi connectivity index (χ1n) is 10.5. The van der Waals surface area contributed by atoms with E-state index in [1.165, 1.54) is 10.5 Å². The maximum atomic E-state index is 12.9. The van der Waals surface area contributed by atoms with Crippen LogP contribution in [0, 0.1) is 11.3 Å². The molecule has 2 amide bonds. The summed E-state index contributed by atoms with van der Waals surface area (Å²) >= 11 is 1.54. The van der Waals surface area contributed by atoms with Crippen LogP contribution in [0.1, 0.15) is 48.5 Å². The third-order valence-corrected chi connectivity index (χ3v) is 6.94. The van der Waals surface area contributed by atoms with Crippen LogP contribution in [0.25, 0.3) is 10.9 Å². The first-order valence-corrected chi connectivity index (χ1v) is 11.6. The zero-order valence-electron chi connectivity index (χ0n) is 17.8. The molecule has 1 N–H and O–H groups in total. The fourth-order valence-electron chi connectivity index (χ4n) is 4.28. The number of nitriles is 1. The van der Waals surface area contributed by atoms with Crippen LogP contribution in [-0.2, 0) is 9.53 Å². The number of rotatable bonds is 4. The summed E-state index contributed by atoms with van der Waals surface area (Å²) in [6.45, 7) is 4.80. The Balaban J connectivity index is 1.52. The van der Waals surface area contributed by atoms with Crippen LogP contribution < -0.4 is 5.32 Å². The lowest BCUT2D eigenvalue weighted by Gasteiger charge is -2.35. The van der Waals surface area contributed by atoms with Crippen LogP contribution in [-0.4, -0.2) is 58.1 Å². The summed E-state index contributed by atoms with van der Waals surface area (Å²) in [4.78, 5) is 31.3. The molecule has 0 spiro atoms. The van der Waals surface area contributed by atoms with Crippen molar-refractivity contribution in [2.75, 3.05) is 24.8 Å². The van der Waals surface area contributed by atoms with Crippen molar-refractivity contribution in [1.82, 2.24) is 15.2 Å². The number of thioether (sulfide) groups is 1. The van der Waals surface area contributed by atoms with Crippen LogP contribution in [0.2, 0.25) is 0 Å². The van der Waals surface area contributed by atoms with E-state index in [0.29, 0.717) is 23.1 Å². The number of nitrogens with zero attached hydrogens (tertiary/aromatic N) is 3. The average Bonchev–Trinajstić information content (AvgIpc) is 3.25. The van der Waals surface area contributed by atoms with Crippen LogP contribution in [0.4, 0.5) is 0 Å². The van der Waals surface area contributed by atoms with E-state index in [1.807, 2.05) is 12.1 Å². The molecule has 0 radical (unpaired) electrons. The minimum absolute atomic E-state index is 0.130. The van der Waals surface area contributed by atoms with Gasteiger partial charge in [-0.3, -0.25) is 14.6 Å². The molecule has 2 aliphatic heterocycles. The Morgan fingerprint density at radius 3 is 3.00 bits per heavy atom. The second kappa shape index (κ2) is 8.85. The number of ether oxygens (including phenoxy) is 1. The van der Waals surface area contributed by atoms with Gasteiger partial charge in [0.1, 0.15) is 6.04 Å². The lowest BCUT2D eigenvalue weighted by molar-refractivity contribution is -0.129. The molecular formula is C23H26N4O3S. The molecule has 1 aromatic heterocycles. The molecule has 2 aliphatic rings. The van der Waals surface area contributed by atoms with Gasteiger partial charge in [0.25, 0.3) is 5.91 Å². The van der Waals surface area contributed by atoms with Gasteiger partial charge in [0.2, 0.25) is 5.91 Å². The third kappa shape index (κ3) is 4.68. The summed E-state index contributed by atoms with van der Waals surface area (Å²) in [5.74, 6) is 0.896. The minimum Gasteiger partial charge on any atom is -0.376 e. The van der Waals surface area contributed by atoms with Gasteiger partial charge in [-0.15, -0.1) is 11.8 Å². The number of fused-ring (bicyclic) bond motifs is 1. The van der Waals surface area contributed by atoms with E-state index in [4.69, 9.17) is 10.00 Å². The lowest BCUT2D eigenvalue weighted by atomic mass is 9.83. The molecule has 0 bridgehead atoms. The van der Waals surface area contributed by atoms with Gasteiger partial charge in [0, 0.05) is 23.9 Å². The van der Waals surface area contributed by atoms with Crippen molar-refractivity contribution in [2.45, 2.75) is 44.2 Å². The fraction of sp³-hybridized carbons (Fsp3) is 0.478. The van der Waals surface area contributed by atoms with Crippen molar-refractivity contribution in [3.63, 3.8) is 0 Å². The molecule has 1 unspecified atom stereocenters. The fourth-order valence-corrected chi connectivity index (χ4v) is 5.38. The Kier molecular flexibility index (Phi) is 6.17. The summed E-state index contributed by atoms with van der Waals surface area (Å²) in [7, 11) is 0. The van der Waals surface area contributed by atoms with Gasteiger partial charge in [0.15, 0.2) is 0 Å². The summed E-state index contributed by atoms with van der Waals surface area (Å²) in [5.41, 5.74) is 2.25. The molecule has 7 nitrogen and oxygen atoms in total. The van der Waals surface area contributed by atoms with Gasteiger partial charge in [0.05, 0.1) is 35.2 Å². The van der Waals surface area contributed by atoms with Crippen LogP contribution in [0.3, 0.4) is 0 Å². The molecule has 2 saturated heterocycles. The SMILES string of the molecule is CC1(C)CC(c2ccc3nccc(C(=O)NCC(=O)N4CSC[C@H]4C#N)c3c2)CCO1. The van der Waals surface area contributed by atoms with Crippen LogP contribution in [0.15, 0.2) is 30.5 Å². The number of pyridine rings is 1. The number of amides is 2. The smallest absolute Gasteiger partial charge is 0.252 e. The maximum absolute atomic E-state index is 12.9. The molecule has 2 fully saturated rings. The van der Waals surface area contributed by atoms with E-state index in [2.05, 4.69) is 36.3 Å². The number of carbonyl (C=O) groups is 2. The van der Waals surface area contributed by atoms with Gasteiger partial charge in [-0.2, -0.15) is 5.26 Å². The highest BCUT2D eigenvalue weighted by Gasteiger charge is 2.31. The average molecular weight is 439 g/mol. The summed E-state index contributed by atoms with van der Waals surface area (Å²) < 4.78 is 5.84. The van der Waals surface area contributed by atoms with E-state index in [1.54, 1.807) is 24.0 Å². The van der Waals surface area contributed by atoms with E-state index in [9.17, 15) is 9.59 Å². The standard InChI is InChI=1S/C23H26N4O3S/c1-23(2)10-16(6-8-30-23)15-3-4-20-19(9-15)18(5-7-25-20)22(29)26-12-21(28)27-14-31-13-17(27)11-24/h3-5,7,9,16-17H,6,8,10,12-14H2,1-2H3,(H,26,29)/t16?,17-/m1/s1. The molecule has 8 heteroatoms. The zero-order chi connectivity index (χ0) is 22.0. The van der Waals surface area contributed by atoms with Crippen LogP contribution >= 0.6 is 11.8 Å². The predicted octanol–water partition coefficient (Wildman–Crippen LogP) is 3.06. The van der Waals surface area contributed by atoms with Crippen molar-refractivity contribution in [3.8, 4) is 6.07 Å². The molecule has 3 heterocycles. The van der Waals surface area contributed by atoms with Crippen molar-refractivity contribution < 1.29 is 14.3 Å². The molecule has 4 rings (SSSR count). The summed E-state index contributed by atoms with van der Waals surface area (Å²) in [6.07, 6.45) is 3.47. The number of benzene rings is 1. The highest BCUT2D eigenvalue weighted by molar-refractivity contribution is 7.99. The Bertz CT molecular complexity index is 1050. The van der Waals surface area contributed by atoms with Gasteiger partial charge >= 0.3 is 0 Å². The molecule has 2 atom stereocenters. The summed E-state index contributed by atoms with van der Waals surface area (Å²) in [6, 6.07) is 9.48. The third-order valence-electron chi connectivity index (χ3n) is 5.93. The number of hydrogen-bond acceptors (Lipinski definition) is 6. The normalized spacial score (nSPS) is 22.8. The highest BCUT2D eigenvalue weighted by Crippen LogP contribution is 2.36. The summed E-state index contributed by atoms with van der Waals surface area (Å²) in [5, 5.41) is 12.7. The van der Waals surface area contributed by atoms with E-state index >= 15 is 0 Å². The molecule has 0 aliphatic carbocycles. The largest absolute Gasteiger partial charge is 0.376 e. The number of nitrogens with one attached hydrogen (secondary N) is 1.